The Morgan fingerprint density at radius 1 is 0.800 bits per heavy atom. The molecule has 1 fully saturated rings. The van der Waals surface area contributed by atoms with Crippen LogP contribution in [-0.4, -0.2) is 26.2 Å². The van der Waals surface area contributed by atoms with Crippen LogP contribution in [0.3, 0.4) is 0 Å². The lowest BCUT2D eigenvalue weighted by Crippen LogP contribution is -2.46. The quantitative estimate of drug-likeness (QED) is 0.852. The Labute approximate surface area is 118 Å². The maximum absolute atomic E-state index is 13.5. The summed E-state index contributed by atoms with van der Waals surface area (Å²) in [5, 5.41) is 0. The molecule has 2 N–H and O–H groups in total. The van der Waals surface area contributed by atoms with Crippen molar-refractivity contribution in [3.05, 3.63) is 54.3 Å². The maximum Gasteiger partial charge on any atom is 0.148 e. The van der Waals surface area contributed by atoms with Gasteiger partial charge in [0.05, 0.1) is 5.69 Å². The van der Waals surface area contributed by atoms with Gasteiger partial charge in [-0.05, 0) is 30.3 Å². The molecule has 2 aromatic rings. The Kier molecular flexibility index (Phi) is 3.46. The second-order valence-corrected chi connectivity index (χ2v) is 5.02. The second kappa shape index (κ2) is 5.41. The van der Waals surface area contributed by atoms with Gasteiger partial charge in [0.25, 0.3) is 0 Å². The van der Waals surface area contributed by atoms with Gasteiger partial charge < -0.3 is 15.5 Å². The lowest BCUT2D eigenvalue weighted by molar-refractivity contribution is 0.624. The summed E-state index contributed by atoms with van der Waals surface area (Å²) in [6.45, 7) is 3.66. The molecule has 20 heavy (non-hydrogen) atoms. The molecule has 104 valence electrons. The van der Waals surface area contributed by atoms with Crippen molar-refractivity contribution in [1.29, 1.82) is 0 Å². The van der Waals surface area contributed by atoms with Gasteiger partial charge in [-0.2, -0.15) is 0 Å². The van der Waals surface area contributed by atoms with E-state index in [2.05, 4.69) is 34.1 Å². The second-order valence-electron chi connectivity index (χ2n) is 5.02. The van der Waals surface area contributed by atoms with Crippen molar-refractivity contribution < 1.29 is 4.39 Å². The van der Waals surface area contributed by atoms with Crippen molar-refractivity contribution in [3.63, 3.8) is 0 Å². The van der Waals surface area contributed by atoms with Gasteiger partial charge in [-0.15, -0.1) is 0 Å². The predicted molar refractivity (Wildman–Crippen MR) is 81.7 cm³/mol. The third-order valence-corrected chi connectivity index (χ3v) is 3.75. The fourth-order valence-electron chi connectivity index (χ4n) is 2.57. The van der Waals surface area contributed by atoms with Gasteiger partial charge >= 0.3 is 0 Å². The van der Waals surface area contributed by atoms with Crippen molar-refractivity contribution in [1.82, 2.24) is 0 Å². The van der Waals surface area contributed by atoms with Gasteiger partial charge in [-0.3, -0.25) is 0 Å². The largest absolute Gasteiger partial charge is 0.396 e. The highest BCUT2D eigenvalue weighted by Gasteiger charge is 2.17. The number of nitrogen functional groups attached to an aromatic ring is 1. The first-order valence-corrected chi connectivity index (χ1v) is 6.84. The summed E-state index contributed by atoms with van der Waals surface area (Å²) in [5.41, 5.74) is 7.87. The van der Waals surface area contributed by atoms with Gasteiger partial charge in [0, 0.05) is 37.6 Å². The van der Waals surface area contributed by atoms with Crippen molar-refractivity contribution in [2.75, 3.05) is 41.7 Å². The molecule has 0 saturated carbocycles. The fourth-order valence-corrected chi connectivity index (χ4v) is 2.57. The summed E-state index contributed by atoms with van der Waals surface area (Å²) >= 11 is 0. The normalized spacial score (nSPS) is 15.4. The number of anilines is 3. The number of benzene rings is 2. The molecule has 0 unspecified atom stereocenters. The molecule has 2 aromatic carbocycles. The van der Waals surface area contributed by atoms with Crippen LogP contribution in [0.2, 0.25) is 0 Å². The molecule has 4 heteroatoms. The Balaban J connectivity index is 1.68. The first-order valence-electron chi connectivity index (χ1n) is 6.84. The van der Waals surface area contributed by atoms with E-state index in [1.165, 1.54) is 11.8 Å². The molecule has 1 saturated heterocycles. The van der Waals surface area contributed by atoms with Gasteiger partial charge in [0.2, 0.25) is 0 Å². The fraction of sp³-hybridized carbons (Fsp3) is 0.250. The minimum absolute atomic E-state index is 0.205. The zero-order valence-corrected chi connectivity index (χ0v) is 11.3. The lowest BCUT2D eigenvalue weighted by atomic mass is 10.2. The molecule has 3 nitrogen and oxygen atoms in total. The third kappa shape index (κ3) is 2.54. The van der Waals surface area contributed by atoms with E-state index in [-0.39, 0.29) is 11.5 Å². The average molecular weight is 271 g/mol. The van der Waals surface area contributed by atoms with Crippen LogP contribution in [0.4, 0.5) is 21.5 Å². The Morgan fingerprint density at radius 2 is 1.40 bits per heavy atom. The van der Waals surface area contributed by atoms with Crippen LogP contribution in [-0.2, 0) is 0 Å². The number of rotatable bonds is 2. The SMILES string of the molecule is Nc1ccc(N2CCN(c3ccccc3)CC2)cc1F. The summed E-state index contributed by atoms with van der Waals surface area (Å²) in [6, 6.07) is 15.4. The van der Waals surface area contributed by atoms with Gasteiger partial charge in [0.15, 0.2) is 0 Å². The standard InChI is InChI=1S/C16H18FN3/c17-15-12-14(6-7-16(15)18)20-10-8-19(9-11-20)13-4-2-1-3-5-13/h1-7,12H,8-11,18H2. The molecule has 0 bridgehead atoms. The maximum atomic E-state index is 13.5. The van der Waals surface area contributed by atoms with E-state index in [0.717, 1.165) is 31.9 Å². The highest BCUT2D eigenvalue weighted by molar-refractivity contribution is 5.56. The summed E-state index contributed by atoms with van der Waals surface area (Å²) in [6.07, 6.45) is 0. The van der Waals surface area contributed by atoms with Gasteiger partial charge in [-0.1, -0.05) is 18.2 Å². The summed E-state index contributed by atoms with van der Waals surface area (Å²) < 4.78 is 13.5. The molecule has 0 atom stereocenters. The minimum Gasteiger partial charge on any atom is -0.396 e. The van der Waals surface area contributed by atoms with E-state index in [1.807, 2.05) is 12.1 Å². The van der Waals surface area contributed by atoms with E-state index < -0.39 is 0 Å². The zero-order chi connectivity index (χ0) is 13.9. The molecule has 1 aliphatic rings. The number of nitrogens with zero attached hydrogens (tertiary/aromatic N) is 2. The highest BCUT2D eigenvalue weighted by atomic mass is 19.1. The molecule has 3 rings (SSSR count). The molecular weight excluding hydrogens is 253 g/mol. The Hall–Kier alpha value is -2.23. The predicted octanol–water partition coefficient (Wildman–Crippen LogP) is 2.73. The lowest BCUT2D eigenvalue weighted by Gasteiger charge is -2.37. The van der Waals surface area contributed by atoms with Crippen molar-refractivity contribution >= 4 is 17.1 Å². The number of para-hydroxylation sites is 1. The smallest absolute Gasteiger partial charge is 0.148 e. The number of hydrogen-bond donors (Lipinski definition) is 1. The highest BCUT2D eigenvalue weighted by Crippen LogP contribution is 2.23. The zero-order valence-electron chi connectivity index (χ0n) is 11.3. The van der Waals surface area contributed by atoms with Crippen LogP contribution in [0.15, 0.2) is 48.5 Å². The molecule has 0 aromatic heterocycles. The first-order chi connectivity index (χ1) is 9.74. The van der Waals surface area contributed by atoms with Crippen LogP contribution in [0.5, 0.6) is 0 Å². The first kappa shape index (κ1) is 12.8. The van der Waals surface area contributed by atoms with Crippen LogP contribution in [0.25, 0.3) is 0 Å². The molecule has 1 aliphatic heterocycles. The molecule has 1 heterocycles. The molecule has 0 aliphatic carbocycles. The van der Waals surface area contributed by atoms with Crippen LogP contribution < -0.4 is 15.5 Å². The summed E-state index contributed by atoms with van der Waals surface area (Å²) in [4.78, 5) is 4.55. The molecular formula is C16H18FN3. The number of hydrogen-bond acceptors (Lipinski definition) is 3. The third-order valence-electron chi connectivity index (χ3n) is 3.75. The van der Waals surface area contributed by atoms with Crippen LogP contribution in [0.1, 0.15) is 0 Å². The summed E-state index contributed by atoms with van der Waals surface area (Å²) in [7, 11) is 0. The van der Waals surface area contributed by atoms with E-state index >= 15 is 0 Å². The van der Waals surface area contributed by atoms with E-state index in [4.69, 9.17) is 5.73 Å². The van der Waals surface area contributed by atoms with E-state index in [0.29, 0.717) is 0 Å². The van der Waals surface area contributed by atoms with Gasteiger partial charge in [0.1, 0.15) is 5.82 Å². The van der Waals surface area contributed by atoms with Crippen molar-refractivity contribution in [3.8, 4) is 0 Å². The topological polar surface area (TPSA) is 32.5 Å². The number of piperazine rings is 1. The van der Waals surface area contributed by atoms with Crippen LogP contribution in [0, 0.1) is 5.82 Å². The summed E-state index contributed by atoms with van der Waals surface area (Å²) in [5.74, 6) is -0.340. The van der Waals surface area contributed by atoms with Crippen molar-refractivity contribution in [2.24, 2.45) is 0 Å². The molecule has 0 spiro atoms. The van der Waals surface area contributed by atoms with Gasteiger partial charge in [-0.25, -0.2) is 4.39 Å². The number of nitrogens with two attached hydrogens (primary N) is 1. The Bertz CT molecular complexity index is 578. The number of halogens is 1. The monoisotopic (exact) mass is 271 g/mol. The molecule has 0 amide bonds. The average Bonchev–Trinajstić information content (AvgIpc) is 2.51. The van der Waals surface area contributed by atoms with Crippen LogP contribution >= 0.6 is 0 Å². The van der Waals surface area contributed by atoms with E-state index in [1.54, 1.807) is 6.07 Å². The van der Waals surface area contributed by atoms with E-state index in [9.17, 15) is 4.39 Å². The van der Waals surface area contributed by atoms with Crippen molar-refractivity contribution in [2.45, 2.75) is 0 Å². The minimum atomic E-state index is -0.340. The molecule has 0 radical (unpaired) electrons. The Morgan fingerprint density at radius 3 is 2.00 bits per heavy atom.